The predicted molar refractivity (Wildman–Crippen MR) is 73.8 cm³/mol. The molecule has 0 amide bonds. The molecule has 5 nitrogen and oxygen atoms in total. The van der Waals surface area contributed by atoms with Gasteiger partial charge in [0.25, 0.3) is 15.6 Å². The summed E-state index contributed by atoms with van der Waals surface area (Å²) in [6, 6.07) is 8.13. The van der Waals surface area contributed by atoms with E-state index in [4.69, 9.17) is 0 Å². The van der Waals surface area contributed by atoms with Crippen molar-refractivity contribution in [3.8, 4) is 0 Å². The first-order chi connectivity index (χ1) is 8.90. The van der Waals surface area contributed by atoms with Crippen LogP contribution in [0.15, 0.2) is 46.2 Å². The number of nitrogens with one attached hydrogen (secondary N) is 2. The molecule has 0 aliphatic rings. The lowest BCUT2D eigenvalue weighted by Crippen LogP contribution is -2.20. The Hall–Kier alpha value is -2.08. The van der Waals surface area contributed by atoms with Crippen LogP contribution in [0.5, 0.6) is 0 Å². The minimum atomic E-state index is -3.76. The van der Waals surface area contributed by atoms with Gasteiger partial charge in [0.05, 0.1) is 4.90 Å². The van der Waals surface area contributed by atoms with Crippen molar-refractivity contribution in [2.75, 3.05) is 4.72 Å². The summed E-state index contributed by atoms with van der Waals surface area (Å²) in [4.78, 5) is 14.1. The van der Waals surface area contributed by atoms with E-state index in [1.165, 1.54) is 12.3 Å². The summed E-state index contributed by atoms with van der Waals surface area (Å²) in [6.07, 6.45) is 1.44. The van der Waals surface area contributed by atoms with Crippen LogP contribution >= 0.6 is 0 Å². The molecule has 1 heterocycles. The number of benzene rings is 1. The number of hydrogen-bond donors (Lipinski definition) is 2. The highest BCUT2D eigenvalue weighted by Gasteiger charge is 2.18. The van der Waals surface area contributed by atoms with Crippen LogP contribution in [0.4, 0.5) is 5.69 Å². The fourth-order valence-corrected chi connectivity index (χ4v) is 3.09. The third kappa shape index (κ3) is 2.85. The molecule has 0 atom stereocenters. The topological polar surface area (TPSA) is 79.0 Å². The van der Waals surface area contributed by atoms with Gasteiger partial charge in [-0.3, -0.25) is 9.52 Å². The molecular weight excluding hydrogens is 264 g/mol. The van der Waals surface area contributed by atoms with Gasteiger partial charge in [-0.2, -0.15) is 0 Å². The van der Waals surface area contributed by atoms with Crippen molar-refractivity contribution in [1.82, 2.24) is 4.98 Å². The summed E-state index contributed by atoms with van der Waals surface area (Å²) in [7, 11) is -3.76. The maximum Gasteiger partial charge on any atom is 0.272 e. The van der Waals surface area contributed by atoms with E-state index in [2.05, 4.69) is 9.71 Å². The van der Waals surface area contributed by atoms with E-state index < -0.39 is 15.6 Å². The molecule has 2 aromatic rings. The zero-order chi connectivity index (χ0) is 14.0. The van der Waals surface area contributed by atoms with E-state index >= 15 is 0 Å². The zero-order valence-corrected chi connectivity index (χ0v) is 11.4. The van der Waals surface area contributed by atoms with E-state index in [0.29, 0.717) is 5.56 Å². The fraction of sp³-hybridized carbons (Fsp3) is 0.154. The van der Waals surface area contributed by atoms with Gasteiger partial charge in [-0.05, 0) is 43.2 Å². The fourth-order valence-electron chi connectivity index (χ4n) is 1.70. The standard InChI is InChI=1S/C13H14N2O3S/c1-9-5-6-10(2)12(8-9)19(17,18)15-11-4-3-7-14-13(11)16/h3-8,15H,1-2H3,(H,14,16). The molecule has 2 rings (SSSR count). The van der Waals surface area contributed by atoms with Crippen LogP contribution in [-0.4, -0.2) is 13.4 Å². The molecule has 0 aliphatic heterocycles. The lowest BCUT2D eigenvalue weighted by atomic mass is 10.2. The molecule has 0 unspecified atom stereocenters. The minimum Gasteiger partial charge on any atom is -0.327 e. The average molecular weight is 278 g/mol. The van der Waals surface area contributed by atoms with Crippen molar-refractivity contribution in [3.63, 3.8) is 0 Å². The van der Waals surface area contributed by atoms with E-state index in [-0.39, 0.29) is 10.6 Å². The van der Waals surface area contributed by atoms with Crippen LogP contribution in [0, 0.1) is 13.8 Å². The van der Waals surface area contributed by atoms with E-state index in [9.17, 15) is 13.2 Å². The molecule has 0 saturated carbocycles. The second-order valence-corrected chi connectivity index (χ2v) is 5.94. The van der Waals surface area contributed by atoms with Crippen molar-refractivity contribution >= 4 is 15.7 Å². The maximum absolute atomic E-state index is 12.3. The van der Waals surface area contributed by atoms with Gasteiger partial charge in [0, 0.05) is 6.20 Å². The van der Waals surface area contributed by atoms with Gasteiger partial charge < -0.3 is 4.98 Å². The third-order valence-electron chi connectivity index (χ3n) is 2.70. The SMILES string of the molecule is Cc1ccc(C)c(S(=O)(=O)Nc2ccc[nH]c2=O)c1. The predicted octanol–water partition coefficient (Wildman–Crippen LogP) is 1.79. The number of aromatic amines is 1. The first-order valence-corrected chi connectivity index (χ1v) is 7.16. The largest absolute Gasteiger partial charge is 0.327 e. The second-order valence-electron chi connectivity index (χ2n) is 4.29. The summed E-state index contributed by atoms with van der Waals surface area (Å²) in [5, 5.41) is 0. The summed E-state index contributed by atoms with van der Waals surface area (Å²) in [5.74, 6) is 0. The molecule has 6 heteroatoms. The number of aryl methyl sites for hydroxylation is 2. The molecule has 100 valence electrons. The molecule has 0 fully saturated rings. The Morgan fingerprint density at radius 1 is 1.16 bits per heavy atom. The van der Waals surface area contributed by atoms with Crippen LogP contribution in [0.25, 0.3) is 0 Å². The Kier molecular flexibility index (Phi) is 3.44. The molecule has 0 spiro atoms. The van der Waals surface area contributed by atoms with Crippen LogP contribution in [0.3, 0.4) is 0 Å². The van der Waals surface area contributed by atoms with Gasteiger partial charge in [0.1, 0.15) is 5.69 Å². The molecule has 0 saturated heterocycles. The Morgan fingerprint density at radius 2 is 1.89 bits per heavy atom. The first-order valence-electron chi connectivity index (χ1n) is 5.68. The first kappa shape index (κ1) is 13.4. The molecule has 1 aromatic carbocycles. The summed E-state index contributed by atoms with van der Waals surface area (Å²) in [6.45, 7) is 3.52. The lowest BCUT2D eigenvalue weighted by Gasteiger charge is -2.10. The van der Waals surface area contributed by atoms with Gasteiger partial charge in [0.2, 0.25) is 0 Å². The molecule has 0 bridgehead atoms. The van der Waals surface area contributed by atoms with E-state index in [1.807, 2.05) is 13.0 Å². The smallest absolute Gasteiger partial charge is 0.272 e. The van der Waals surface area contributed by atoms with Crippen molar-refractivity contribution in [2.45, 2.75) is 18.7 Å². The number of H-pyrrole nitrogens is 1. The Morgan fingerprint density at radius 3 is 2.58 bits per heavy atom. The zero-order valence-electron chi connectivity index (χ0n) is 10.6. The highest BCUT2D eigenvalue weighted by molar-refractivity contribution is 7.92. The van der Waals surface area contributed by atoms with Crippen LogP contribution in [0.1, 0.15) is 11.1 Å². The highest BCUT2D eigenvalue weighted by Crippen LogP contribution is 2.18. The van der Waals surface area contributed by atoms with Gasteiger partial charge in [-0.1, -0.05) is 12.1 Å². The summed E-state index contributed by atoms with van der Waals surface area (Å²) >= 11 is 0. The maximum atomic E-state index is 12.3. The highest BCUT2D eigenvalue weighted by atomic mass is 32.2. The number of hydrogen-bond acceptors (Lipinski definition) is 3. The Balaban J connectivity index is 2.47. The van der Waals surface area contributed by atoms with Gasteiger partial charge in [-0.15, -0.1) is 0 Å². The molecule has 2 N–H and O–H groups in total. The number of aromatic nitrogens is 1. The number of anilines is 1. The molecule has 0 aliphatic carbocycles. The molecule has 19 heavy (non-hydrogen) atoms. The Bertz CT molecular complexity index is 763. The number of rotatable bonds is 3. The molecule has 0 radical (unpaired) electrons. The lowest BCUT2D eigenvalue weighted by molar-refractivity contribution is 0.600. The number of pyridine rings is 1. The average Bonchev–Trinajstić information content (AvgIpc) is 2.35. The number of sulfonamides is 1. The normalized spacial score (nSPS) is 11.3. The van der Waals surface area contributed by atoms with Crippen molar-refractivity contribution in [3.05, 3.63) is 58.0 Å². The van der Waals surface area contributed by atoms with Gasteiger partial charge >= 0.3 is 0 Å². The summed E-state index contributed by atoms with van der Waals surface area (Å²) < 4.78 is 26.8. The van der Waals surface area contributed by atoms with Crippen LogP contribution in [-0.2, 0) is 10.0 Å². The molecular formula is C13H14N2O3S. The van der Waals surface area contributed by atoms with Gasteiger partial charge in [-0.25, -0.2) is 8.42 Å². The van der Waals surface area contributed by atoms with E-state index in [1.54, 1.807) is 25.1 Å². The molecule has 1 aromatic heterocycles. The third-order valence-corrected chi connectivity index (χ3v) is 4.20. The second kappa shape index (κ2) is 4.89. The van der Waals surface area contributed by atoms with Crippen LogP contribution in [0.2, 0.25) is 0 Å². The Labute approximate surface area is 111 Å². The van der Waals surface area contributed by atoms with Crippen LogP contribution < -0.4 is 10.3 Å². The monoisotopic (exact) mass is 278 g/mol. The van der Waals surface area contributed by atoms with Crippen molar-refractivity contribution < 1.29 is 8.42 Å². The van der Waals surface area contributed by atoms with Crippen molar-refractivity contribution in [1.29, 1.82) is 0 Å². The van der Waals surface area contributed by atoms with E-state index in [0.717, 1.165) is 5.56 Å². The minimum absolute atomic E-state index is 0.00315. The van der Waals surface area contributed by atoms with Gasteiger partial charge in [0.15, 0.2) is 0 Å². The summed E-state index contributed by atoms with van der Waals surface area (Å²) in [5.41, 5.74) is 0.998. The quantitative estimate of drug-likeness (QED) is 0.898. The van der Waals surface area contributed by atoms with Crippen molar-refractivity contribution in [2.24, 2.45) is 0 Å².